The molecule has 4 N–H and O–H groups in total. The van der Waals surface area contributed by atoms with Gasteiger partial charge in [-0.25, -0.2) is 9.97 Å². The molecule has 0 bridgehead atoms. The number of nitrogens with two attached hydrogens (primary N) is 1. The Morgan fingerprint density at radius 3 is 2.59 bits per heavy atom. The lowest BCUT2D eigenvalue weighted by Crippen LogP contribution is -2.35. The standard InChI is InChI=1S/C16H17F3N8/c17-16(18,19)15-12(24-10-3-1-2-9(21)4-10)5-13(26-27-15)25-14-8-22-11(6-20)7-23-14/h5,7-10H,1-4,21H2,(H2,23,24,25,26). The number of nitrogens with zero attached hydrogens (tertiary/aromatic N) is 5. The lowest BCUT2D eigenvalue weighted by Gasteiger charge is -2.29. The van der Waals surface area contributed by atoms with E-state index in [2.05, 4.69) is 30.8 Å². The Labute approximate surface area is 153 Å². The molecule has 0 saturated heterocycles. The summed E-state index contributed by atoms with van der Waals surface area (Å²) in [6.45, 7) is 0. The van der Waals surface area contributed by atoms with Crippen LogP contribution in [0.25, 0.3) is 0 Å². The first kappa shape index (κ1) is 18.8. The Hall–Kier alpha value is -3.00. The minimum absolute atomic E-state index is 0.0353. The van der Waals surface area contributed by atoms with Gasteiger partial charge in [-0.05, 0) is 25.7 Å². The van der Waals surface area contributed by atoms with Gasteiger partial charge in [-0.15, -0.1) is 10.2 Å². The molecule has 8 nitrogen and oxygen atoms in total. The third kappa shape index (κ3) is 4.79. The van der Waals surface area contributed by atoms with E-state index in [4.69, 9.17) is 11.0 Å². The number of nitrogens with one attached hydrogen (secondary N) is 2. The Kier molecular flexibility index (Phi) is 5.36. The molecule has 0 radical (unpaired) electrons. The lowest BCUT2D eigenvalue weighted by molar-refractivity contribution is -0.141. The van der Waals surface area contributed by atoms with E-state index in [1.54, 1.807) is 0 Å². The Morgan fingerprint density at radius 1 is 1.15 bits per heavy atom. The van der Waals surface area contributed by atoms with Crippen LogP contribution in [-0.4, -0.2) is 32.2 Å². The normalized spacial score (nSPS) is 20.0. The van der Waals surface area contributed by atoms with E-state index in [1.807, 2.05) is 6.07 Å². The molecule has 0 amide bonds. The van der Waals surface area contributed by atoms with Gasteiger partial charge in [-0.2, -0.15) is 18.4 Å². The molecule has 2 unspecified atom stereocenters. The molecule has 2 aromatic heterocycles. The van der Waals surface area contributed by atoms with Crippen molar-refractivity contribution in [3.63, 3.8) is 0 Å². The predicted octanol–water partition coefficient (Wildman–Crippen LogP) is 2.58. The maximum Gasteiger partial charge on any atom is 0.437 e. The van der Waals surface area contributed by atoms with Gasteiger partial charge in [0.25, 0.3) is 0 Å². The third-order valence-corrected chi connectivity index (χ3v) is 4.16. The second kappa shape index (κ2) is 7.71. The summed E-state index contributed by atoms with van der Waals surface area (Å²) in [5, 5.41) is 21.3. The van der Waals surface area contributed by atoms with Gasteiger partial charge < -0.3 is 16.4 Å². The molecule has 2 atom stereocenters. The topological polar surface area (TPSA) is 125 Å². The Balaban J connectivity index is 1.84. The van der Waals surface area contributed by atoms with Crippen LogP contribution in [-0.2, 0) is 6.18 Å². The van der Waals surface area contributed by atoms with Gasteiger partial charge in [-0.1, -0.05) is 0 Å². The maximum absolute atomic E-state index is 13.3. The third-order valence-electron chi connectivity index (χ3n) is 4.16. The summed E-state index contributed by atoms with van der Waals surface area (Å²) in [4.78, 5) is 7.78. The summed E-state index contributed by atoms with van der Waals surface area (Å²) in [6.07, 6.45) is 0.918. The van der Waals surface area contributed by atoms with Crippen molar-refractivity contribution in [2.24, 2.45) is 5.73 Å². The van der Waals surface area contributed by atoms with Crippen LogP contribution >= 0.6 is 0 Å². The monoisotopic (exact) mass is 378 g/mol. The van der Waals surface area contributed by atoms with Gasteiger partial charge in [0, 0.05) is 18.2 Å². The van der Waals surface area contributed by atoms with Crippen molar-refractivity contribution >= 4 is 17.3 Å². The number of anilines is 3. The van der Waals surface area contributed by atoms with Crippen LogP contribution < -0.4 is 16.4 Å². The van der Waals surface area contributed by atoms with Gasteiger partial charge >= 0.3 is 6.18 Å². The Morgan fingerprint density at radius 2 is 1.96 bits per heavy atom. The minimum Gasteiger partial charge on any atom is -0.380 e. The van der Waals surface area contributed by atoms with Gasteiger partial charge in [0.15, 0.2) is 17.2 Å². The lowest BCUT2D eigenvalue weighted by atomic mass is 9.91. The van der Waals surface area contributed by atoms with E-state index in [0.29, 0.717) is 6.42 Å². The van der Waals surface area contributed by atoms with Crippen molar-refractivity contribution in [2.75, 3.05) is 10.6 Å². The molecule has 27 heavy (non-hydrogen) atoms. The molecule has 142 valence electrons. The average molecular weight is 378 g/mol. The van der Waals surface area contributed by atoms with Crippen molar-refractivity contribution in [1.29, 1.82) is 5.26 Å². The summed E-state index contributed by atoms with van der Waals surface area (Å²) >= 11 is 0. The van der Waals surface area contributed by atoms with Crippen molar-refractivity contribution in [2.45, 2.75) is 43.9 Å². The highest BCUT2D eigenvalue weighted by atomic mass is 19.4. The van der Waals surface area contributed by atoms with E-state index >= 15 is 0 Å². The summed E-state index contributed by atoms with van der Waals surface area (Å²) in [5.41, 5.74) is 4.79. The van der Waals surface area contributed by atoms with Crippen LogP contribution in [0.15, 0.2) is 18.5 Å². The second-order valence-corrected chi connectivity index (χ2v) is 6.28. The average Bonchev–Trinajstić information content (AvgIpc) is 2.61. The zero-order valence-corrected chi connectivity index (χ0v) is 14.2. The molecule has 0 aromatic carbocycles. The molecule has 0 spiro atoms. The van der Waals surface area contributed by atoms with Crippen molar-refractivity contribution in [3.05, 3.63) is 29.8 Å². The molecule has 1 fully saturated rings. The summed E-state index contributed by atoms with van der Waals surface area (Å²) in [7, 11) is 0. The number of aromatic nitrogens is 4. The van der Waals surface area contributed by atoms with E-state index in [1.165, 1.54) is 18.5 Å². The van der Waals surface area contributed by atoms with Crippen LogP contribution in [0.2, 0.25) is 0 Å². The smallest absolute Gasteiger partial charge is 0.380 e. The highest BCUT2D eigenvalue weighted by Crippen LogP contribution is 2.35. The molecule has 2 heterocycles. The van der Waals surface area contributed by atoms with Crippen LogP contribution in [0, 0.1) is 11.3 Å². The maximum atomic E-state index is 13.3. The van der Waals surface area contributed by atoms with Crippen molar-refractivity contribution in [1.82, 2.24) is 20.2 Å². The zero-order valence-electron chi connectivity index (χ0n) is 14.2. The molecule has 1 aliphatic rings. The summed E-state index contributed by atoms with van der Waals surface area (Å²) < 4.78 is 39.8. The number of nitriles is 1. The van der Waals surface area contributed by atoms with Crippen LogP contribution in [0.5, 0.6) is 0 Å². The van der Waals surface area contributed by atoms with E-state index in [0.717, 1.165) is 19.3 Å². The Bertz CT molecular complexity index is 831. The van der Waals surface area contributed by atoms with E-state index < -0.39 is 11.9 Å². The number of rotatable bonds is 4. The fourth-order valence-electron chi connectivity index (χ4n) is 2.93. The number of hydrogen-bond acceptors (Lipinski definition) is 8. The SMILES string of the molecule is N#Cc1cnc(Nc2cc(NC3CCCC(N)C3)c(C(F)(F)F)nn2)cn1. The minimum atomic E-state index is -4.64. The largest absolute Gasteiger partial charge is 0.437 e. The van der Waals surface area contributed by atoms with Gasteiger partial charge in [0.2, 0.25) is 0 Å². The fraction of sp³-hybridized carbons (Fsp3) is 0.438. The number of halogens is 3. The number of alkyl halides is 3. The van der Waals surface area contributed by atoms with Crippen LogP contribution in [0.3, 0.4) is 0 Å². The van der Waals surface area contributed by atoms with Crippen LogP contribution in [0.4, 0.5) is 30.5 Å². The molecule has 11 heteroatoms. The first-order valence-electron chi connectivity index (χ1n) is 8.31. The van der Waals surface area contributed by atoms with Crippen molar-refractivity contribution < 1.29 is 13.2 Å². The molecule has 3 rings (SSSR count). The van der Waals surface area contributed by atoms with E-state index in [9.17, 15) is 13.2 Å². The number of hydrogen-bond donors (Lipinski definition) is 3. The predicted molar refractivity (Wildman–Crippen MR) is 90.9 cm³/mol. The van der Waals surface area contributed by atoms with Gasteiger partial charge in [0.05, 0.1) is 18.1 Å². The van der Waals surface area contributed by atoms with Gasteiger partial charge in [0.1, 0.15) is 11.9 Å². The highest BCUT2D eigenvalue weighted by Gasteiger charge is 2.37. The fourth-order valence-corrected chi connectivity index (χ4v) is 2.93. The highest BCUT2D eigenvalue weighted by molar-refractivity contribution is 5.60. The zero-order chi connectivity index (χ0) is 19.4. The molecule has 2 aromatic rings. The van der Waals surface area contributed by atoms with Crippen LogP contribution in [0.1, 0.15) is 37.1 Å². The first-order valence-corrected chi connectivity index (χ1v) is 8.31. The quantitative estimate of drug-likeness (QED) is 0.741. The summed E-state index contributed by atoms with van der Waals surface area (Å²) in [5.74, 6) is 0.304. The first-order chi connectivity index (χ1) is 12.8. The van der Waals surface area contributed by atoms with E-state index in [-0.39, 0.29) is 35.1 Å². The van der Waals surface area contributed by atoms with Gasteiger partial charge in [-0.3, -0.25) is 0 Å². The molecule has 0 aliphatic heterocycles. The molecular weight excluding hydrogens is 361 g/mol. The van der Waals surface area contributed by atoms with Crippen molar-refractivity contribution in [3.8, 4) is 6.07 Å². The molecular formula is C16H17F3N8. The second-order valence-electron chi connectivity index (χ2n) is 6.28. The molecule has 1 aliphatic carbocycles. The summed E-state index contributed by atoms with van der Waals surface area (Å²) in [6, 6.07) is 2.86. The molecule has 1 saturated carbocycles.